The third-order valence-electron chi connectivity index (χ3n) is 5.21. The largest absolute Gasteiger partial charge is 0.384 e. The van der Waals surface area contributed by atoms with Crippen LogP contribution >= 0.6 is 11.6 Å². The summed E-state index contributed by atoms with van der Waals surface area (Å²) in [6.45, 7) is 5.38. The Labute approximate surface area is 150 Å². The van der Waals surface area contributed by atoms with E-state index in [9.17, 15) is 5.11 Å². The molecule has 1 aliphatic rings. The van der Waals surface area contributed by atoms with E-state index in [1.54, 1.807) is 0 Å². The summed E-state index contributed by atoms with van der Waals surface area (Å²) in [5, 5.41) is 12.4. The molecule has 1 saturated heterocycles. The quantitative estimate of drug-likeness (QED) is 0.834. The Morgan fingerprint density at radius 2 is 1.67 bits per heavy atom. The lowest BCUT2D eigenvalue weighted by Crippen LogP contribution is -2.42. The Hall–Kier alpha value is -1.35. The molecule has 24 heavy (non-hydrogen) atoms. The number of rotatable bonds is 6. The molecular formula is C21H26ClNO. The van der Waals surface area contributed by atoms with E-state index < -0.39 is 5.60 Å². The normalized spacial score (nSPS) is 19.1. The molecule has 1 fully saturated rings. The molecule has 0 aromatic heterocycles. The molecule has 2 aromatic carbocycles. The van der Waals surface area contributed by atoms with Crippen LogP contribution in [0.2, 0.25) is 5.02 Å². The molecule has 0 spiro atoms. The number of aliphatic hydroxyl groups is 1. The first kappa shape index (κ1) is 17.5. The van der Waals surface area contributed by atoms with Crippen molar-refractivity contribution in [3.05, 3.63) is 70.7 Å². The van der Waals surface area contributed by atoms with E-state index in [2.05, 4.69) is 24.0 Å². The summed E-state index contributed by atoms with van der Waals surface area (Å²) in [5.74, 6) is 0.136. The molecule has 0 bridgehead atoms. The molecule has 2 unspecified atom stereocenters. The smallest absolute Gasteiger partial charge is 0.0974 e. The van der Waals surface area contributed by atoms with E-state index in [-0.39, 0.29) is 5.92 Å². The van der Waals surface area contributed by atoms with Crippen LogP contribution in [-0.4, -0.2) is 29.6 Å². The zero-order valence-corrected chi connectivity index (χ0v) is 15.0. The van der Waals surface area contributed by atoms with Crippen molar-refractivity contribution >= 4 is 11.6 Å². The van der Waals surface area contributed by atoms with E-state index in [1.165, 1.54) is 12.8 Å². The SMILES string of the molecule is CC(CN1CCCC1)C(O)(Cc1ccccc1)c1ccc(Cl)cc1. The van der Waals surface area contributed by atoms with Crippen LogP contribution < -0.4 is 0 Å². The van der Waals surface area contributed by atoms with Crippen LogP contribution in [0.15, 0.2) is 54.6 Å². The maximum atomic E-state index is 11.7. The minimum absolute atomic E-state index is 0.136. The molecule has 0 radical (unpaired) electrons. The van der Waals surface area contributed by atoms with Gasteiger partial charge in [0.2, 0.25) is 0 Å². The van der Waals surface area contributed by atoms with Crippen LogP contribution in [0.3, 0.4) is 0 Å². The van der Waals surface area contributed by atoms with E-state index in [1.807, 2.05) is 42.5 Å². The van der Waals surface area contributed by atoms with Gasteiger partial charge in [-0.05, 0) is 49.2 Å². The summed E-state index contributed by atoms with van der Waals surface area (Å²) in [4.78, 5) is 2.47. The molecule has 2 atom stereocenters. The molecular weight excluding hydrogens is 318 g/mol. The van der Waals surface area contributed by atoms with E-state index in [4.69, 9.17) is 11.6 Å². The minimum atomic E-state index is -0.894. The first-order valence-electron chi connectivity index (χ1n) is 8.82. The first-order valence-corrected chi connectivity index (χ1v) is 9.20. The van der Waals surface area contributed by atoms with Gasteiger partial charge in [-0.15, -0.1) is 0 Å². The highest BCUT2D eigenvalue weighted by Crippen LogP contribution is 2.35. The topological polar surface area (TPSA) is 23.5 Å². The monoisotopic (exact) mass is 343 g/mol. The lowest BCUT2D eigenvalue weighted by atomic mass is 9.77. The molecule has 3 rings (SSSR count). The van der Waals surface area contributed by atoms with Crippen LogP contribution in [0.4, 0.5) is 0 Å². The van der Waals surface area contributed by atoms with Crippen molar-refractivity contribution in [3.8, 4) is 0 Å². The zero-order valence-electron chi connectivity index (χ0n) is 14.3. The van der Waals surface area contributed by atoms with Crippen molar-refractivity contribution in [1.82, 2.24) is 4.90 Å². The van der Waals surface area contributed by atoms with Crippen molar-refractivity contribution in [3.63, 3.8) is 0 Å². The van der Waals surface area contributed by atoms with Crippen molar-refractivity contribution in [1.29, 1.82) is 0 Å². The Morgan fingerprint density at radius 3 is 2.29 bits per heavy atom. The Balaban J connectivity index is 1.88. The Kier molecular flexibility index (Phi) is 5.60. The highest BCUT2D eigenvalue weighted by Gasteiger charge is 2.37. The van der Waals surface area contributed by atoms with E-state index >= 15 is 0 Å². The summed E-state index contributed by atoms with van der Waals surface area (Å²) >= 11 is 6.05. The molecule has 1 heterocycles. The van der Waals surface area contributed by atoms with Gasteiger partial charge < -0.3 is 10.0 Å². The molecule has 1 N–H and O–H groups in total. The van der Waals surface area contributed by atoms with Gasteiger partial charge in [-0.3, -0.25) is 0 Å². The molecule has 2 aromatic rings. The minimum Gasteiger partial charge on any atom is -0.384 e. The standard InChI is InChI=1S/C21H26ClNO/c1-17(16-23-13-5-6-14-23)21(24,15-18-7-3-2-4-8-18)19-9-11-20(22)12-10-19/h2-4,7-12,17,24H,5-6,13-16H2,1H3. The Bertz CT molecular complexity index is 637. The lowest BCUT2D eigenvalue weighted by molar-refractivity contribution is -0.0277. The first-order chi connectivity index (χ1) is 11.6. The zero-order chi connectivity index (χ0) is 17.0. The average molecular weight is 344 g/mol. The summed E-state index contributed by atoms with van der Waals surface area (Å²) in [6, 6.07) is 17.9. The molecule has 2 nitrogen and oxygen atoms in total. The molecule has 3 heteroatoms. The Morgan fingerprint density at radius 1 is 1.04 bits per heavy atom. The molecule has 0 saturated carbocycles. The van der Waals surface area contributed by atoms with Gasteiger partial charge in [0.25, 0.3) is 0 Å². The number of hydrogen-bond donors (Lipinski definition) is 1. The van der Waals surface area contributed by atoms with Crippen LogP contribution in [0, 0.1) is 5.92 Å². The van der Waals surface area contributed by atoms with Gasteiger partial charge in [-0.1, -0.05) is 61.0 Å². The summed E-state index contributed by atoms with van der Waals surface area (Å²) < 4.78 is 0. The molecule has 0 amide bonds. The second kappa shape index (κ2) is 7.69. The fourth-order valence-electron chi connectivity index (χ4n) is 3.71. The molecule has 0 aliphatic carbocycles. The maximum absolute atomic E-state index is 11.7. The average Bonchev–Trinajstić information content (AvgIpc) is 3.09. The number of halogens is 1. The van der Waals surface area contributed by atoms with Crippen LogP contribution in [0.5, 0.6) is 0 Å². The van der Waals surface area contributed by atoms with Gasteiger partial charge in [-0.25, -0.2) is 0 Å². The summed E-state index contributed by atoms with van der Waals surface area (Å²) in [6.07, 6.45) is 3.15. The molecule has 128 valence electrons. The van der Waals surface area contributed by atoms with Gasteiger partial charge >= 0.3 is 0 Å². The second-order valence-electron chi connectivity index (χ2n) is 7.00. The van der Waals surface area contributed by atoms with Gasteiger partial charge in [0.15, 0.2) is 0 Å². The van der Waals surface area contributed by atoms with Crippen molar-refractivity contribution < 1.29 is 5.11 Å². The van der Waals surface area contributed by atoms with Crippen molar-refractivity contribution in [2.24, 2.45) is 5.92 Å². The van der Waals surface area contributed by atoms with Crippen molar-refractivity contribution in [2.75, 3.05) is 19.6 Å². The van der Waals surface area contributed by atoms with Gasteiger partial charge in [-0.2, -0.15) is 0 Å². The predicted octanol–water partition coefficient (Wildman–Crippen LogP) is 4.50. The fourth-order valence-corrected chi connectivity index (χ4v) is 3.84. The van der Waals surface area contributed by atoms with Crippen molar-refractivity contribution in [2.45, 2.75) is 31.8 Å². The fraction of sp³-hybridized carbons (Fsp3) is 0.429. The second-order valence-corrected chi connectivity index (χ2v) is 7.44. The van der Waals surface area contributed by atoms with Gasteiger partial charge in [0.1, 0.15) is 0 Å². The lowest BCUT2D eigenvalue weighted by Gasteiger charge is -2.37. The number of hydrogen-bond acceptors (Lipinski definition) is 2. The third kappa shape index (κ3) is 4.00. The molecule has 1 aliphatic heterocycles. The predicted molar refractivity (Wildman–Crippen MR) is 100 cm³/mol. The number of benzene rings is 2. The van der Waals surface area contributed by atoms with Crippen LogP contribution in [-0.2, 0) is 12.0 Å². The maximum Gasteiger partial charge on any atom is 0.0974 e. The summed E-state index contributed by atoms with van der Waals surface area (Å²) in [7, 11) is 0. The van der Waals surface area contributed by atoms with E-state index in [0.717, 1.165) is 30.8 Å². The highest BCUT2D eigenvalue weighted by atomic mass is 35.5. The number of likely N-dealkylation sites (tertiary alicyclic amines) is 1. The van der Waals surface area contributed by atoms with E-state index in [0.29, 0.717) is 11.4 Å². The third-order valence-corrected chi connectivity index (χ3v) is 5.46. The van der Waals surface area contributed by atoms with Crippen LogP contribution in [0.25, 0.3) is 0 Å². The number of nitrogens with zero attached hydrogens (tertiary/aromatic N) is 1. The highest BCUT2D eigenvalue weighted by molar-refractivity contribution is 6.30. The van der Waals surface area contributed by atoms with Crippen LogP contribution in [0.1, 0.15) is 30.9 Å². The van der Waals surface area contributed by atoms with Gasteiger partial charge in [0, 0.05) is 23.9 Å². The summed E-state index contributed by atoms with van der Waals surface area (Å²) in [5.41, 5.74) is 1.21. The van der Waals surface area contributed by atoms with Gasteiger partial charge in [0.05, 0.1) is 5.60 Å².